The number of nitrogens with two attached hydrogens (primary N) is 1. The van der Waals surface area contributed by atoms with Crippen molar-refractivity contribution in [1.82, 2.24) is 5.32 Å². The summed E-state index contributed by atoms with van der Waals surface area (Å²) in [6, 6.07) is 7.70. The smallest absolute Gasteiger partial charge is 0.220 e. The molecular formula is C14H19ClN2O. The fourth-order valence-electron chi connectivity index (χ4n) is 2.43. The molecule has 1 saturated carbocycles. The highest BCUT2D eigenvalue weighted by Crippen LogP contribution is 2.26. The standard InChI is InChI=1S/C14H19ClN2O/c15-12-6-4-10(5-7-12)9-17-14(18)8-11-2-1-3-13(11)16/h4-7,11,13H,1-3,8-9,16H2,(H,17,18)/t11-,13+/m0/s1. The van der Waals surface area contributed by atoms with Gasteiger partial charge in [0.2, 0.25) is 5.91 Å². The number of amides is 1. The molecule has 4 heteroatoms. The van der Waals surface area contributed by atoms with Crippen molar-refractivity contribution in [3.63, 3.8) is 0 Å². The zero-order chi connectivity index (χ0) is 13.0. The van der Waals surface area contributed by atoms with E-state index in [1.54, 1.807) is 0 Å². The van der Waals surface area contributed by atoms with Crippen molar-refractivity contribution >= 4 is 17.5 Å². The van der Waals surface area contributed by atoms with Crippen LogP contribution in [0, 0.1) is 5.92 Å². The molecule has 0 saturated heterocycles. The van der Waals surface area contributed by atoms with Gasteiger partial charge < -0.3 is 11.1 Å². The summed E-state index contributed by atoms with van der Waals surface area (Å²) in [5.74, 6) is 0.447. The van der Waals surface area contributed by atoms with Crippen molar-refractivity contribution in [2.45, 2.75) is 38.3 Å². The predicted molar refractivity (Wildman–Crippen MR) is 73.2 cm³/mol. The van der Waals surface area contributed by atoms with Gasteiger partial charge in [0.25, 0.3) is 0 Å². The van der Waals surface area contributed by atoms with Crippen LogP contribution in [-0.2, 0) is 11.3 Å². The van der Waals surface area contributed by atoms with Crippen molar-refractivity contribution in [2.24, 2.45) is 11.7 Å². The lowest BCUT2D eigenvalue weighted by Crippen LogP contribution is -2.31. The maximum atomic E-state index is 11.8. The molecule has 0 bridgehead atoms. The van der Waals surface area contributed by atoms with Gasteiger partial charge in [-0.25, -0.2) is 0 Å². The van der Waals surface area contributed by atoms with Gasteiger partial charge in [0.1, 0.15) is 0 Å². The van der Waals surface area contributed by atoms with Crippen LogP contribution in [0.3, 0.4) is 0 Å². The Bertz CT molecular complexity index is 405. The van der Waals surface area contributed by atoms with Crippen LogP contribution in [0.1, 0.15) is 31.2 Å². The Morgan fingerprint density at radius 1 is 1.33 bits per heavy atom. The minimum atomic E-state index is 0.0901. The Morgan fingerprint density at radius 2 is 2.06 bits per heavy atom. The van der Waals surface area contributed by atoms with Gasteiger partial charge in [-0.15, -0.1) is 0 Å². The number of rotatable bonds is 4. The van der Waals surface area contributed by atoms with Gasteiger partial charge in [0.15, 0.2) is 0 Å². The van der Waals surface area contributed by atoms with Crippen molar-refractivity contribution in [3.05, 3.63) is 34.9 Å². The maximum absolute atomic E-state index is 11.8. The van der Waals surface area contributed by atoms with Gasteiger partial charge >= 0.3 is 0 Å². The molecule has 3 nitrogen and oxygen atoms in total. The molecule has 0 unspecified atom stereocenters. The first-order valence-corrected chi connectivity index (χ1v) is 6.79. The van der Waals surface area contributed by atoms with E-state index >= 15 is 0 Å². The molecule has 0 radical (unpaired) electrons. The third-order valence-electron chi connectivity index (χ3n) is 3.57. The van der Waals surface area contributed by atoms with Crippen LogP contribution in [0.2, 0.25) is 5.02 Å². The molecule has 18 heavy (non-hydrogen) atoms. The van der Waals surface area contributed by atoms with E-state index in [1.807, 2.05) is 24.3 Å². The first-order valence-electron chi connectivity index (χ1n) is 6.42. The Balaban J connectivity index is 1.76. The van der Waals surface area contributed by atoms with Crippen LogP contribution in [0.4, 0.5) is 0 Å². The molecule has 98 valence electrons. The second kappa shape index (κ2) is 6.21. The molecule has 2 atom stereocenters. The van der Waals surface area contributed by atoms with Crippen molar-refractivity contribution in [3.8, 4) is 0 Å². The lowest BCUT2D eigenvalue weighted by molar-refractivity contribution is -0.122. The molecule has 0 aromatic heterocycles. The van der Waals surface area contributed by atoms with Crippen LogP contribution in [-0.4, -0.2) is 11.9 Å². The first-order chi connectivity index (χ1) is 8.65. The van der Waals surface area contributed by atoms with Gasteiger partial charge in [-0.05, 0) is 36.5 Å². The van der Waals surface area contributed by atoms with Crippen molar-refractivity contribution < 1.29 is 4.79 Å². The Kier molecular flexibility index (Phi) is 4.61. The van der Waals surface area contributed by atoms with Crippen molar-refractivity contribution in [1.29, 1.82) is 0 Å². The molecule has 1 amide bonds. The van der Waals surface area contributed by atoms with Crippen LogP contribution < -0.4 is 11.1 Å². The first kappa shape index (κ1) is 13.4. The molecule has 0 spiro atoms. The normalized spacial score (nSPS) is 23.0. The summed E-state index contributed by atoms with van der Waals surface area (Å²) in [5.41, 5.74) is 7.02. The second-order valence-electron chi connectivity index (χ2n) is 4.96. The summed E-state index contributed by atoms with van der Waals surface area (Å²) < 4.78 is 0. The Hall–Kier alpha value is -1.06. The van der Waals surface area contributed by atoms with E-state index in [-0.39, 0.29) is 11.9 Å². The van der Waals surface area contributed by atoms with Crippen molar-refractivity contribution in [2.75, 3.05) is 0 Å². The Morgan fingerprint density at radius 3 is 2.67 bits per heavy atom. The molecule has 0 heterocycles. The maximum Gasteiger partial charge on any atom is 0.220 e. The fourth-order valence-corrected chi connectivity index (χ4v) is 2.56. The number of benzene rings is 1. The van der Waals surface area contributed by atoms with Crippen LogP contribution in [0.25, 0.3) is 0 Å². The summed E-state index contributed by atoms with van der Waals surface area (Å²) in [5, 5.41) is 3.64. The van der Waals surface area contributed by atoms with Gasteiger partial charge in [0, 0.05) is 24.0 Å². The summed E-state index contributed by atoms with van der Waals surface area (Å²) in [6.45, 7) is 0.554. The minimum absolute atomic E-state index is 0.0901. The summed E-state index contributed by atoms with van der Waals surface area (Å²) in [7, 11) is 0. The molecule has 1 aliphatic carbocycles. The molecule has 1 aromatic carbocycles. The number of carbonyl (C=O) groups excluding carboxylic acids is 1. The summed E-state index contributed by atoms with van der Waals surface area (Å²) in [4.78, 5) is 11.8. The highest BCUT2D eigenvalue weighted by Gasteiger charge is 2.25. The topological polar surface area (TPSA) is 55.1 Å². The van der Waals surface area contributed by atoms with E-state index in [2.05, 4.69) is 5.32 Å². The predicted octanol–water partition coefficient (Wildman–Crippen LogP) is 2.47. The number of nitrogens with one attached hydrogen (secondary N) is 1. The van der Waals surface area contributed by atoms with E-state index in [0.717, 1.165) is 24.8 Å². The van der Waals surface area contributed by atoms with Gasteiger partial charge in [0.05, 0.1) is 0 Å². The molecule has 1 aromatic rings. The second-order valence-corrected chi connectivity index (χ2v) is 5.40. The van der Waals surface area contributed by atoms with E-state index in [1.165, 1.54) is 0 Å². The average molecular weight is 267 g/mol. The molecule has 2 rings (SSSR count). The van der Waals surface area contributed by atoms with Gasteiger partial charge in [-0.1, -0.05) is 30.2 Å². The van der Waals surface area contributed by atoms with Gasteiger partial charge in [-0.3, -0.25) is 4.79 Å². The van der Waals surface area contributed by atoms with E-state index in [9.17, 15) is 4.79 Å². The molecular weight excluding hydrogens is 248 g/mol. The Labute approximate surface area is 113 Å². The monoisotopic (exact) mass is 266 g/mol. The molecule has 1 aliphatic rings. The number of hydrogen-bond acceptors (Lipinski definition) is 2. The minimum Gasteiger partial charge on any atom is -0.352 e. The van der Waals surface area contributed by atoms with Gasteiger partial charge in [-0.2, -0.15) is 0 Å². The lowest BCUT2D eigenvalue weighted by Gasteiger charge is -2.14. The average Bonchev–Trinajstić information content (AvgIpc) is 2.74. The van der Waals surface area contributed by atoms with E-state index in [0.29, 0.717) is 23.9 Å². The third-order valence-corrected chi connectivity index (χ3v) is 3.82. The quantitative estimate of drug-likeness (QED) is 0.880. The lowest BCUT2D eigenvalue weighted by atomic mass is 10.00. The molecule has 1 fully saturated rings. The van der Waals surface area contributed by atoms with E-state index < -0.39 is 0 Å². The SMILES string of the molecule is N[C@@H]1CCC[C@H]1CC(=O)NCc1ccc(Cl)cc1. The fraction of sp³-hybridized carbons (Fsp3) is 0.500. The summed E-state index contributed by atoms with van der Waals surface area (Å²) in [6.07, 6.45) is 3.83. The molecule has 3 N–H and O–H groups in total. The zero-order valence-corrected chi connectivity index (χ0v) is 11.1. The zero-order valence-electron chi connectivity index (χ0n) is 10.4. The van der Waals surface area contributed by atoms with E-state index in [4.69, 9.17) is 17.3 Å². The number of carbonyl (C=O) groups is 1. The van der Waals surface area contributed by atoms with Crippen LogP contribution >= 0.6 is 11.6 Å². The van der Waals surface area contributed by atoms with Crippen LogP contribution in [0.15, 0.2) is 24.3 Å². The highest BCUT2D eigenvalue weighted by atomic mass is 35.5. The number of halogens is 1. The number of hydrogen-bond donors (Lipinski definition) is 2. The summed E-state index contributed by atoms with van der Waals surface area (Å²) >= 11 is 5.80. The van der Waals surface area contributed by atoms with Crippen LogP contribution in [0.5, 0.6) is 0 Å². The highest BCUT2D eigenvalue weighted by molar-refractivity contribution is 6.30. The molecule has 0 aliphatic heterocycles. The third kappa shape index (κ3) is 3.72. The largest absolute Gasteiger partial charge is 0.352 e.